The Balaban J connectivity index is 1.28. The first-order chi connectivity index (χ1) is 14.5. The van der Waals surface area contributed by atoms with E-state index in [2.05, 4.69) is 0 Å². The molecule has 0 spiro atoms. The van der Waals surface area contributed by atoms with Crippen molar-refractivity contribution < 1.29 is 23.5 Å². The van der Waals surface area contributed by atoms with Crippen LogP contribution in [0.15, 0.2) is 27.4 Å². The van der Waals surface area contributed by atoms with Crippen molar-refractivity contribution in [2.75, 3.05) is 20.2 Å². The fraction of sp³-hybridized carbons (Fsp3) is 0.522. The Morgan fingerprint density at radius 3 is 2.53 bits per heavy atom. The van der Waals surface area contributed by atoms with Crippen molar-refractivity contribution in [3.63, 3.8) is 0 Å². The number of methoxy groups -OCH3 is 1. The number of carbonyl (C=O) groups is 2. The maximum atomic E-state index is 12.8. The van der Waals surface area contributed by atoms with Crippen LogP contribution in [0.25, 0.3) is 11.0 Å². The van der Waals surface area contributed by atoms with Gasteiger partial charge in [0.05, 0.1) is 13.0 Å². The molecule has 2 unspecified atom stereocenters. The second-order valence-electron chi connectivity index (χ2n) is 8.59. The van der Waals surface area contributed by atoms with Crippen LogP contribution in [0.4, 0.5) is 0 Å². The largest absolute Gasteiger partial charge is 0.481 e. The Kier molecular flexibility index (Phi) is 4.56. The quantitative estimate of drug-likeness (QED) is 0.567. The molecule has 1 saturated carbocycles. The van der Waals surface area contributed by atoms with Gasteiger partial charge in [-0.25, -0.2) is 4.79 Å². The standard InChI is InChI=1S/C23H25NO6/c1-12(21(25)24-10-17-18(11-24)20(17)23(27)28-2)29-13-7-8-15-14-5-3-4-6-16(14)22(26)30-19(15)9-13/h7-9,12,17-18,20H,3-6,10-11H2,1-2H3/t12?,17-,18+,20?. The highest BCUT2D eigenvalue weighted by molar-refractivity contribution is 5.84. The monoisotopic (exact) mass is 411 g/mol. The molecule has 1 saturated heterocycles. The van der Waals surface area contributed by atoms with Crippen LogP contribution in [0.3, 0.4) is 0 Å². The van der Waals surface area contributed by atoms with E-state index >= 15 is 0 Å². The molecule has 3 aliphatic rings. The van der Waals surface area contributed by atoms with Crippen molar-refractivity contribution in [3.8, 4) is 5.75 Å². The third-order valence-corrected chi connectivity index (χ3v) is 6.83. The summed E-state index contributed by atoms with van der Waals surface area (Å²) in [7, 11) is 1.40. The van der Waals surface area contributed by atoms with E-state index in [1.165, 1.54) is 7.11 Å². The van der Waals surface area contributed by atoms with E-state index < -0.39 is 6.10 Å². The summed E-state index contributed by atoms with van der Waals surface area (Å²) in [6.07, 6.45) is 3.08. The molecule has 2 aliphatic carbocycles. The summed E-state index contributed by atoms with van der Waals surface area (Å²) < 4.78 is 16.2. The highest BCUT2D eigenvalue weighted by Crippen LogP contribution is 2.52. The van der Waals surface area contributed by atoms with E-state index in [9.17, 15) is 14.4 Å². The molecule has 2 heterocycles. The first kappa shape index (κ1) is 19.2. The summed E-state index contributed by atoms with van der Waals surface area (Å²) >= 11 is 0. The number of likely N-dealkylation sites (tertiary alicyclic amines) is 1. The van der Waals surface area contributed by atoms with Crippen LogP contribution in [0.5, 0.6) is 5.75 Å². The van der Waals surface area contributed by atoms with Crippen LogP contribution in [0.1, 0.15) is 30.9 Å². The molecular formula is C23H25NO6. The van der Waals surface area contributed by atoms with Gasteiger partial charge in [0.15, 0.2) is 6.10 Å². The van der Waals surface area contributed by atoms with Gasteiger partial charge in [-0.15, -0.1) is 0 Å². The second-order valence-corrected chi connectivity index (χ2v) is 8.59. The molecule has 4 atom stereocenters. The summed E-state index contributed by atoms with van der Waals surface area (Å²) in [6, 6.07) is 5.45. The van der Waals surface area contributed by atoms with Gasteiger partial charge in [-0.1, -0.05) is 0 Å². The van der Waals surface area contributed by atoms with E-state index in [4.69, 9.17) is 13.9 Å². The second kappa shape index (κ2) is 7.15. The van der Waals surface area contributed by atoms with Gasteiger partial charge in [0.1, 0.15) is 11.3 Å². The highest BCUT2D eigenvalue weighted by Gasteiger charge is 2.61. The summed E-state index contributed by atoms with van der Waals surface area (Å²) in [6.45, 7) is 2.85. The fourth-order valence-corrected chi connectivity index (χ4v) is 5.20. The molecule has 0 N–H and O–H groups in total. The van der Waals surface area contributed by atoms with Gasteiger partial charge < -0.3 is 18.8 Å². The number of rotatable bonds is 4. The predicted molar refractivity (Wildman–Crippen MR) is 108 cm³/mol. The van der Waals surface area contributed by atoms with E-state index in [-0.39, 0.29) is 35.3 Å². The SMILES string of the molecule is COC(=O)C1[C@H]2CN(C(=O)C(C)Oc3ccc4c5c(c(=O)oc4c3)CCCC5)C[C@@H]12. The van der Waals surface area contributed by atoms with E-state index in [0.717, 1.165) is 42.2 Å². The summed E-state index contributed by atoms with van der Waals surface area (Å²) in [4.78, 5) is 38.5. The molecule has 5 rings (SSSR count). The third kappa shape index (κ3) is 3.07. The van der Waals surface area contributed by atoms with Gasteiger partial charge in [-0.05, 0) is 62.1 Å². The number of aryl methyl sites for hydroxylation is 1. The van der Waals surface area contributed by atoms with Crippen molar-refractivity contribution in [2.24, 2.45) is 17.8 Å². The summed E-state index contributed by atoms with van der Waals surface area (Å²) in [5.74, 6) is 0.562. The number of hydrogen-bond donors (Lipinski definition) is 0. The molecule has 1 aromatic carbocycles. The molecule has 0 bridgehead atoms. The molecule has 2 aromatic rings. The average Bonchev–Trinajstić information content (AvgIpc) is 3.25. The zero-order chi connectivity index (χ0) is 21.0. The number of ether oxygens (including phenoxy) is 2. The zero-order valence-electron chi connectivity index (χ0n) is 17.2. The molecule has 2 fully saturated rings. The summed E-state index contributed by atoms with van der Waals surface area (Å²) in [5.41, 5.74) is 2.11. The van der Waals surface area contributed by atoms with Crippen LogP contribution in [-0.4, -0.2) is 43.1 Å². The minimum Gasteiger partial charge on any atom is -0.481 e. The normalized spacial score (nSPS) is 25.4. The molecule has 0 radical (unpaired) electrons. The molecule has 1 aromatic heterocycles. The highest BCUT2D eigenvalue weighted by atomic mass is 16.5. The molecular weight excluding hydrogens is 386 g/mol. The number of carbonyl (C=O) groups excluding carboxylic acids is 2. The molecule has 1 amide bonds. The number of hydrogen-bond acceptors (Lipinski definition) is 6. The van der Waals surface area contributed by atoms with Crippen LogP contribution >= 0.6 is 0 Å². The Morgan fingerprint density at radius 2 is 1.83 bits per heavy atom. The van der Waals surface area contributed by atoms with Crippen molar-refractivity contribution in [3.05, 3.63) is 39.7 Å². The minimum absolute atomic E-state index is 0.0652. The van der Waals surface area contributed by atoms with Gasteiger partial charge in [0, 0.05) is 30.1 Å². The minimum atomic E-state index is -0.666. The number of amides is 1. The van der Waals surface area contributed by atoms with Crippen LogP contribution in [-0.2, 0) is 27.2 Å². The van der Waals surface area contributed by atoms with Gasteiger partial charge >= 0.3 is 11.6 Å². The number of piperidine rings is 1. The average molecular weight is 411 g/mol. The first-order valence-electron chi connectivity index (χ1n) is 10.6. The van der Waals surface area contributed by atoms with E-state index in [1.54, 1.807) is 17.9 Å². The topological polar surface area (TPSA) is 86.0 Å². The maximum Gasteiger partial charge on any atom is 0.339 e. The maximum absolute atomic E-state index is 12.8. The Hall–Kier alpha value is -2.83. The Morgan fingerprint density at radius 1 is 1.13 bits per heavy atom. The molecule has 30 heavy (non-hydrogen) atoms. The van der Waals surface area contributed by atoms with Crippen molar-refractivity contribution >= 4 is 22.8 Å². The Labute approximate surface area is 173 Å². The van der Waals surface area contributed by atoms with Gasteiger partial charge in [-0.3, -0.25) is 9.59 Å². The lowest BCUT2D eigenvalue weighted by molar-refractivity contribution is -0.145. The van der Waals surface area contributed by atoms with Crippen LogP contribution in [0.2, 0.25) is 0 Å². The number of fused-ring (bicyclic) bond motifs is 4. The lowest BCUT2D eigenvalue weighted by Crippen LogP contribution is -2.41. The lowest BCUT2D eigenvalue weighted by Gasteiger charge is -2.24. The van der Waals surface area contributed by atoms with Crippen molar-refractivity contribution in [1.29, 1.82) is 0 Å². The molecule has 7 heteroatoms. The number of esters is 1. The van der Waals surface area contributed by atoms with Crippen molar-refractivity contribution in [2.45, 2.75) is 38.7 Å². The van der Waals surface area contributed by atoms with Crippen LogP contribution < -0.4 is 10.4 Å². The Bertz CT molecular complexity index is 1080. The van der Waals surface area contributed by atoms with Gasteiger partial charge in [-0.2, -0.15) is 0 Å². The fourth-order valence-electron chi connectivity index (χ4n) is 5.20. The van der Waals surface area contributed by atoms with E-state index in [1.807, 2.05) is 12.1 Å². The molecule has 7 nitrogen and oxygen atoms in total. The van der Waals surface area contributed by atoms with Crippen molar-refractivity contribution in [1.82, 2.24) is 4.90 Å². The smallest absolute Gasteiger partial charge is 0.339 e. The molecule has 158 valence electrons. The number of benzene rings is 1. The third-order valence-electron chi connectivity index (χ3n) is 6.83. The molecule has 1 aliphatic heterocycles. The summed E-state index contributed by atoms with van der Waals surface area (Å²) in [5, 5.41) is 0.948. The lowest BCUT2D eigenvalue weighted by atomic mass is 9.91. The first-order valence-corrected chi connectivity index (χ1v) is 10.6. The number of nitrogens with zero attached hydrogens (tertiary/aromatic N) is 1. The zero-order valence-corrected chi connectivity index (χ0v) is 17.2. The van der Waals surface area contributed by atoms with E-state index in [0.29, 0.717) is 24.4 Å². The van der Waals surface area contributed by atoms with Gasteiger partial charge in [0.25, 0.3) is 5.91 Å². The predicted octanol–water partition coefficient (Wildman–Crippen LogP) is 2.32. The van der Waals surface area contributed by atoms with Gasteiger partial charge in [0.2, 0.25) is 0 Å². The van der Waals surface area contributed by atoms with Crippen LogP contribution in [0, 0.1) is 17.8 Å².